The first-order chi connectivity index (χ1) is 16.7. The highest BCUT2D eigenvalue weighted by Gasteiger charge is 2.40. The van der Waals surface area contributed by atoms with Gasteiger partial charge in [-0.3, -0.25) is 4.79 Å². The number of nitrogens with zero attached hydrogens (tertiary/aromatic N) is 5. The third kappa shape index (κ3) is 4.94. The van der Waals surface area contributed by atoms with Gasteiger partial charge in [-0.25, -0.2) is 23.4 Å². The predicted octanol–water partition coefficient (Wildman–Crippen LogP) is 3.57. The van der Waals surface area contributed by atoms with E-state index in [1.165, 1.54) is 24.3 Å². The molecule has 4 rings (SSSR count). The minimum absolute atomic E-state index is 0.193. The lowest BCUT2D eigenvalue weighted by Crippen LogP contribution is -2.51. The Balaban J connectivity index is 1.62. The quantitative estimate of drug-likeness (QED) is 0.406. The lowest BCUT2D eigenvalue weighted by Gasteiger charge is -2.35. The molecule has 2 N–H and O–H groups in total. The Morgan fingerprint density at radius 2 is 2.03 bits per heavy atom. The molecule has 2 aromatic carbocycles. The molecule has 1 amide bonds. The number of rotatable bonds is 7. The Morgan fingerprint density at radius 3 is 2.66 bits per heavy atom. The molecule has 8 nitrogen and oxygen atoms in total. The molecule has 4 aromatic rings. The van der Waals surface area contributed by atoms with Gasteiger partial charge in [0.25, 0.3) is 5.91 Å². The third-order valence-electron chi connectivity index (χ3n) is 5.59. The number of nitrogens with one attached hydrogen (secondary N) is 1. The van der Waals surface area contributed by atoms with Crippen LogP contribution in [0.1, 0.15) is 33.4 Å². The van der Waals surface area contributed by atoms with Crippen molar-refractivity contribution >= 4 is 17.2 Å². The maximum atomic E-state index is 14.7. The molecular formula is C24H20F2N6O2S. The number of hydrogen-bond donors (Lipinski definition) is 2. The van der Waals surface area contributed by atoms with Crippen LogP contribution in [0.5, 0.6) is 0 Å². The van der Waals surface area contributed by atoms with Crippen molar-refractivity contribution in [2.24, 2.45) is 0 Å². The minimum atomic E-state index is -1.98. The molecule has 35 heavy (non-hydrogen) atoms. The van der Waals surface area contributed by atoms with Crippen molar-refractivity contribution in [1.29, 1.82) is 5.26 Å². The number of aryl methyl sites for hydroxylation is 1. The summed E-state index contributed by atoms with van der Waals surface area (Å²) in [5, 5.41) is 27.8. The van der Waals surface area contributed by atoms with Crippen LogP contribution >= 0.6 is 11.3 Å². The fraction of sp³-hybridized carbons (Fsp3) is 0.208. The second kappa shape index (κ2) is 9.69. The average molecular weight is 495 g/mol. The first kappa shape index (κ1) is 24.1. The van der Waals surface area contributed by atoms with Crippen LogP contribution in [0.15, 0.2) is 55.1 Å². The number of amides is 1. The van der Waals surface area contributed by atoms with Gasteiger partial charge in [0.15, 0.2) is 0 Å². The summed E-state index contributed by atoms with van der Waals surface area (Å²) in [6, 6.07) is 10.7. The van der Waals surface area contributed by atoms with Crippen LogP contribution < -0.4 is 5.32 Å². The van der Waals surface area contributed by atoms with E-state index in [2.05, 4.69) is 20.4 Å². The number of halogens is 2. The summed E-state index contributed by atoms with van der Waals surface area (Å²) in [5.74, 6) is -2.25. The molecular weight excluding hydrogens is 474 g/mol. The zero-order valence-corrected chi connectivity index (χ0v) is 19.6. The van der Waals surface area contributed by atoms with Gasteiger partial charge in [-0.1, -0.05) is 18.2 Å². The Labute approximate surface area is 203 Å². The lowest BCUT2D eigenvalue weighted by molar-refractivity contribution is -0.0185. The lowest BCUT2D eigenvalue weighted by atomic mass is 9.86. The van der Waals surface area contributed by atoms with E-state index < -0.39 is 29.2 Å². The van der Waals surface area contributed by atoms with E-state index in [0.717, 1.165) is 29.0 Å². The number of aromatic nitrogens is 4. The Morgan fingerprint density at radius 1 is 1.29 bits per heavy atom. The molecule has 0 aliphatic carbocycles. The summed E-state index contributed by atoms with van der Waals surface area (Å²) < 4.78 is 29.6. The number of thiazole rings is 1. The molecule has 0 radical (unpaired) electrons. The number of hydrogen-bond acceptors (Lipinski definition) is 7. The molecule has 11 heteroatoms. The summed E-state index contributed by atoms with van der Waals surface area (Å²) in [7, 11) is 0. The van der Waals surface area contributed by atoms with Crippen molar-refractivity contribution in [2.75, 3.05) is 0 Å². The summed E-state index contributed by atoms with van der Waals surface area (Å²) in [5.41, 5.74) is -0.433. The van der Waals surface area contributed by atoms with Gasteiger partial charge in [0.1, 0.15) is 39.8 Å². The van der Waals surface area contributed by atoms with Gasteiger partial charge in [-0.05, 0) is 32.0 Å². The van der Waals surface area contributed by atoms with Gasteiger partial charge in [0, 0.05) is 17.2 Å². The number of nitriles is 1. The molecule has 2 aromatic heterocycles. The van der Waals surface area contributed by atoms with Crippen LogP contribution in [0.2, 0.25) is 0 Å². The minimum Gasteiger partial charge on any atom is -0.381 e. The van der Waals surface area contributed by atoms with Gasteiger partial charge < -0.3 is 10.4 Å². The van der Waals surface area contributed by atoms with Gasteiger partial charge in [-0.2, -0.15) is 10.4 Å². The van der Waals surface area contributed by atoms with Gasteiger partial charge in [-0.15, -0.1) is 11.3 Å². The fourth-order valence-electron chi connectivity index (χ4n) is 3.66. The van der Waals surface area contributed by atoms with E-state index in [1.807, 2.05) is 6.07 Å². The first-order valence-electron chi connectivity index (χ1n) is 10.5. The molecule has 2 heterocycles. The van der Waals surface area contributed by atoms with Crippen molar-refractivity contribution in [1.82, 2.24) is 25.1 Å². The van der Waals surface area contributed by atoms with Crippen molar-refractivity contribution in [3.8, 4) is 16.6 Å². The number of carbonyl (C=O) groups excluding carboxylic acids is 1. The second-order valence-electron chi connectivity index (χ2n) is 7.96. The van der Waals surface area contributed by atoms with Gasteiger partial charge >= 0.3 is 0 Å². The highest BCUT2D eigenvalue weighted by atomic mass is 32.1. The van der Waals surface area contributed by atoms with E-state index >= 15 is 0 Å². The van der Waals surface area contributed by atoms with Gasteiger partial charge in [0.2, 0.25) is 0 Å². The molecule has 0 aliphatic heterocycles. The smallest absolute Gasteiger partial charge is 0.263 e. The molecule has 2 atom stereocenters. The fourth-order valence-corrected chi connectivity index (χ4v) is 4.63. The Kier molecular flexibility index (Phi) is 6.68. The topological polar surface area (TPSA) is 117 Å². The van der Waals surface area contributed by atoms with E-state index in [9.17, 15) is 18.7 Å². The zero-order valence-electron chi connectivity index (χ0n) is 18.7. The summed E-state index contributed by atoms with van der Waals surface area (Å²) in [6.45, 7) is 2.97. The third-order valence-corrected chi connectivity index (χ3v) is 6.80. The van der Waals surface area contributed by atoms with Crippen molar-refractivity contribution in [3.05, 3.63) is 88.5 Å². The molecule has 0 saturated heterocycles. The van der Waals surface area contributed by atoms with E-state index in [4.69, 9.17) is 5.26 Å². The number of benzene rings is 2. The molecule has 0 aliphatic rings. The number of carbonyl (C=O) groups is 1. The van der Waals surface area contributed by atoms with Crippen LogP contribution in [-0.4, -0.2) is 36.8 Å². The maximum absolute atomic E-state index is 14.7. The molecule has 0 saturated carbocycles. The monoisotopic (exact) mass is 494 g/mol. The maximum Gasteiger partial charge on any atom is 0.263 e. The van der Waals surface area contributed by atoms with E-state index in [1.54, 1.807) is 31.2 Å². The summed E-state index contributed by atoms with van der Waals surface area (Å²) >= 11 is 1.15. The molecule has 2 unspecified atom stereocenters. The summed E-state index contributed by atoms with van der Waals surface area (Å²) in [6.07, 6.45) is 2.61. The molecule has 0 fully saturated rings. The van der Waals surface area contributed by atoms with Gasteiger partial charge in [0.05, 0.1) is 29.9 Å². The van der Waals surface area contributed by atoms with E-state index in [-0.39, 0.29) is 12.1 Å². The first-order valence-corrected chi connectivity index (χ1v) is 11.3. The largest absolute Gasteiger partial charge is 0.381 e. The molecule has 178 valence electrons. The Hall–Kier alpha value is -4.01. The second-order valence-corrected chi connectivity index (χ2v) is 8.96. The normalized spacial score (nSPS) is 13.6. The van der Waals surface area contributed by atoms with Crippen LogP contribution in [0.3, 0.4) is 0 Å². The SMILES string of the molecule is Cc1nc(-c2ccc(C#N)cc2)sc1C(=O)NC(C)C(O)(Cn1cncn1)c1ccc(F)cc1F. The van der Waals surface area contributed by atoms with Crippen LogP contribution in [0.25, 0.3) is 10.6 Å². The van der Waals surface area contributed by atoms with E-state index in [0.29, 0.717) is 27.2 Å². The van der Waals surface area contributed by atoms with Crippen molar-refractivity contribution in [3.63, 3.8) is 0 Å². The number of aliphatic hydroxyl groups is 1. The van der Waals surface area contributed by atoms with Crippen LogP contribution in [0, 0.1) is 29.9 Å². The highest BCUT2D eigenvalue weighted by molar-refractivity contribution is 7.17. The molecule has 0 spiro atoms. The summed E-state index contributed by atoms with van der Waals surface area (Å²) in [4.78, 5) is 21.8. The molecule has 0 bridgehead atoms. The standard InChI is InChI=1S/C24H20F2N6O2S/c1-14-21(35-23(30-14)17-5-3-16(10-27)4-6-17)22(33)31-15(2)24(34,11-32-13-28-12-29-32)19-8-7-18(25)9-20(19)26/h3-9,12-13,15,34H,11H2,1-2H3,(H,31,33). The van der Waals surface area contributed by atoms with Crippen molar-refractivity contribution in [2.45, 2.75) is 32.0 Å². The Bertz CT molecular complexity index is 1400. The average Bonchev–Trinajstić information content (AvgIpc) is 3.48. The van der Waals surface area contributed by atoms with Crippen molar-refractivity contribution < 1.29 is 18.7 Å². The zero-order chi connectivity index (χ0) is 25.2. The van der Waals surface area contributed by atoms with Crippen LogP contribution in [0.4, 0.5) is 8.78 Å². The van der Waals surface area contributed by atoms with Crippen LogP contribution in [-0.2, 0) is 12.1 Å². The predicted molar refractivity (Wildman–Crippen MR) is 124 cm³/mol. The highest BCUT2D eigenvalue weighted by Crippen LogP contribution is 2.32.